The summed E-state index contributed by atoms with van der Waals surface area (Å²) in [4.78, 5) is 29.2. The second-order valence-electron chi connectivity index (χ2n) is 7.49. The normalized spacial score (nSPS) is 16.7. The van der Waals surface area contributed by atoms with E-state index in [1.54, 1.807) is 0 Å². The van der Waals surface area contributed by atoms with E-state index in [1.165, 1.54) is 11.0 Å². The molecule has 0 spiro atoms. The molecule has 9 heteroatoms. The Hall–Kier alpha value is -3.23. The van der Waals surface area contributed by atoms with Crippen LogP contribution in [0.25, 0.3) is 0 Å². The minimum atomic E-state index is -0.875. The standard InChI is InChI=1S/C20H21FN4O4/c21-18-10-17(25(28)29)9-14-5-8-24(19(14)18)12-16-2-1-15(11-22-16)13-3-6-23(7-4-13)20(26)27/h1-2,9-11,13H,3-8,12H2,(H,26,27). The van der Waals surface area contributed by atoms with Crippen molar-refractivity contribution in [3.63, 3.8) is 0 Å². The highest BCUT2D eigenvalue weighted by atomic mass is 19.1. The van der Waals surface area contributed by atoms with Crippen molar-refractivity contribution in [2.75, 3.05) is 24.5 Å². The largest absolute Gasteiger partial charge is 0.465 e. The molecule has 0 aliphatic carbocycles. The molecule has 0 unspecified atom stereocenters. The maximum absolute atomic E-state index is 14.4. The Morgan fingerprint density at radius 2 is 2.03 bits per heavy atom. The van der Waals surface area contributed by atoms with Gasteiger partial charge in [-0.25, -0.2) is 9.18 Å². The quantitative estimate of drug-likeness (QED) is 0.622. The molecule has 2 aliphatic rings. The summed E-state index contributed by atoms with van der Waals surface area (Å²) in [5.74, 6) is -0.286. The number of nitrogens with zero attached hydrogens (tertiary/aromatic N) is 4. The monoisotopic (exact) mass is 400 g/mol. The lowest BCUT2D eigenvalue weighted by Crippen LogP contribution is -2.36. The van der Waals surface area contributed by atoms with E-state index >= 15 is 0 Å². The molecule has 0 radical (unpaired) electrons. The number of fused-ring (bicyclic) bond motifs is 1. The van der Waals surface area contributed by atoms with Crippen molar-refractivity contribution in [2.24, 2.45) is 0 Å². The van der Waals surface area contributed by atoms with Crippen LogP contribution in [0.5, 0.6) is 0 Å². The highest BCUT2D eigenvalue weighted by Crippen LogP contribution is 2.35. The van der Waals surface area contributed by atoms with Gasteiger partial charge in [-0.15, -0.1) is 0 Å². The number of nitro groups is 1. The first-order valence-corrected chi connectivity index (χ1v) is 9.57. The number of amides is 1. The first-order chi connectivity index (χ1) is 13.9. The Labute approximate surface area is 166 Å². The summed E-state index contributed by atoms with van der Waals surface area (Å²) in [6.07, 6.45) is 3.06. The highest BCUT2D eigenvalue weighted by Gasteiger charge is 2.27. The van der Waals surface area contributed by atoms with Gasteiger partial charge in [0.2, 0.25) is 0 Å². The lowest BCUT2D eigenvalue weighted by atomic mass is 9.90. The van der Waals surface area contributed by atoms with E-state index in [2.05, 4.69) is 4.98 Å². The zero-order valence-electron chi connectivity index (χ0n) is 15.8. The average molecular weight is 400 g/mol. The second-order valence-corrected chi connectivity index (χ2v) is 7.49. The van der Waals surface area contributed by atoms with E-state index in [4.69, 9.17) is 5.11 Å². The summed E-state index contributed by atoms with van der Waals surface area (Å²) in [5, 5.41) is 20.0. The molecule has 2 aliphatic heterocycles. The molecule has 0 bridgehead atoms. The van der Waals surface area contributed by atoms with E-state index in [1.807, 2.05) is 23.2 Å². The van der Waals surface area contributed by atoms with Crippen molar-refractivity contribution in [1.29, 1.82) is 0 Å². The van der Waals surface area contributed by atoms with Crippen LogP contribution in [0.15, 0.2) is 30.5 Å². The number of likely N-dealkylation sites (tertiary alicyclic amines) is 1. The predicted octanol–water partition coefficient (Wildman–Crippen LogP) is 3.55. The Bertz CT molecular complexity index is 942. The molecular formula is C20H21FN4O4. The van der Waals surface area contributed by atoms with Crippen LogP contribution in [0.3, 0.4) is 0 Å². The number of hydrogen-bond acceptors (Lipinski definition) is 5. The zero-order chi connectivity index (χ0) is 20.5. The van der Waals surface area contributed by atoms with Gasteiger partial charge >= 0.3 is 6.09 Å². The van der Waals surface area contributed by atoms with Gasteiger partial charge in [-0.3, -0.25) is 15.1 Å². The molecule has 1 saturated heterocycles. The number of carboxylic acid groups (broad SMARTS) is 1. The van der Waals surface area contributed by atoms with Crippen LogP contribution in [0.1, 0.15) is 35.6 Å². The number of nitro benzene ring substituents is 1. The smallest absolute Gasteiger partial charge is 0.407 e. The molecule has 0 saturated carbocycles. The Kier molecular flexibility index (Phi) is 5.04. The van der Waals surface area contributed by atoms with E-state index in [-0.39, 0.29) is 11.6 Å². The van der Waals surface area contributed by atoms with Gasteiger partial charge in [-0.05, 0) is 42.4 Å². The van der Waals surface area contributed by atoms with E-state index in [0.29, 0.717) is 43.9 Å². The minimum absolute atomic E-state index is 0.223. The second kappa shape index (κ2) is 7.65. The van der Waals surface area contributed by atoms with Crippen molar-refractivity contribution in [2.45, 2.75) is 31.7 Å². The lowest BCUT2D eigenvalue weighted by Gasteiger charge is -2.30. The number of carbonyl (C=O) groups is 1. The van der Waals surface area contributed by atoms with Crippen molar-refractivity contribution < 1.29 is 19.2 Å². The summed E-state index contributed by atoms with van der Waals surface area (Å²) < 4.78 is 14.4. The number of benzene rings is 1. The molecule has 8 nitrogen and oxygen atoms in total. The van der Waals surface area contributed by atoms with Crippen LogP contribution in [0.4, 0.5) is 20.6 Å². The van der Waals surface area contributed by atoms with Gasteiger partial charge in [0.15, 0.2) is 5.82 Å². The van der Waals surface area contributed by atoms with Crippen LogP contribution in [-0.2, 0) is 13.0 Å². The molecule has 2 aromatic rings. The number of non-ortho nitro benzene ring substituents is 1. The highest BCUT2D eigenvalue weighted by molar-refractivity contribution is 5.65. The summed E-state index contributed by atoms with van der Waals surface area (Å²) in [6, 6.07) is 6.34. The number of pyridine rings is 1. The van der Waals surface area contributed by atoms with E-state index in [9.17, 15) is 19.3 Å². The number of hydrogen-bond donors (Lipinski definition) is 1. The van der Waals surface area contributed by atoms with Crippen LogP contribution in [0, 0.1) is 15.9 Å². The van der Waals surface area contributed by atoms with Gasteiger partial charge in [0.05, 0.1) is 28.9 Å². The molecule has 3 heterocycles. The first-order valence-electron chi connectivity index (χ1n) is 9.57. The van der Waals surface area contributed by atoms with E-state index in [0.717, 1.165) is 30.2 Å². The number of rotatable bonds is 4. The third-order valence-electron chi connectivity index (χ3n) is 5.74. The van der Waals surface area contributed by atoms with Crippen LogP contribution in [-0.4, -0.2) is 45.6 Å². The number of piperidine rings is 1. The SMILES string of the molecule is O=C(O)N1CCC(c2ccc(CN3CCc4cc([N+](=O)[O-])cc(F)c43)nc2)CC1. The van der Waals surface area contributed by atoms with Crippen molar-refractivity contribution in [3.05, 3.63) is 63.2 Å². The number of halogens is 1. The summed E-state index contributed by atoms with van der Waals surface area (Å²) in [7, 11) is 0. The topological polar surface area (TPSA) is 99.8 Å². The van der Waals surface area contributed by atoms with Crippen molar-refractivity contribution in [1.82, 2.24) is 9.88 Å². The number of aromatic nitrogens is 1. The molecule has 1 fully saturated rings. The Morgan fingerprint density at radius 3 is 2.66 bits per heavy atom. The third kappa shape index (κ3) is 3.85. The molecule has 1 aromatic heterocycles. The fourth-order valence-electron chi connectivity index (χ4n) is 4.19. The third-order valence-corrected chi connectivity index (χ3v) is 5.74. The minimum Gasteiger partial charge on any atom is -0.465 e. The average Bonchev–Trinajstić information content (AvgIpc) is 3.12. The van der Waals surface area contributed by atoms with Gasteiger partial charge in [-0.1, -0.05) is 6.07 Å². The fraction of sp³-hybridized carbons (Fsp3) is 0.400. The van der Waals surface area contributed by atoms with E-state index < -0.39 is 16.8 Å². The molecule has 4 rings (SSSR count). The van der Waals surface area contributed by atoms with Gasteiger partial charge in [-0.2, -0.15) is 0 Å². The maximum Gasteiger partial charge on any atom is 0.407 e. The number of anilines is 1. The van der Waals surface area contributed by atoms with Gasteiger partial charge in [0, 0.05) is 31.9 Å². The molecule has 29 heavy (non-hydrogen) atoms. The summed E-state index contributed by atoms with van der Waals surface area (Å²) >= 11 is 0. The van der Waals surface area contributed by atoms with Crippen LogP contribution in [0.2, 0.25) is 0 Å². The lowest BCUT2D eigenvalue weighted by molar-refractivity contribution is -0.385. The maximum atomic E-state index is 14.4. The zero-order valence-corrected chi connectivity index (χ0v) is 15.8. The molecule has 0 atom stereocenters. The predicted molar refractivity (Wildman–Crippen MR) is 104 cm³/mol. The molecular weight excluding hydrogens is 379 g/mol. The van der Waals surface area contributed by atoms with Crippen LogP contribution >= 0.6 is 0 Å². The summed E-state index contributed by atoms with van der Waals surface area (Å²) in [6.45, 7) is 2.07. The molecule has 1 aromatic carbocycles. The van der Waals surface area contributed by atoms with Crippen LogP contribution < -0.4 is 4.90 Å². The Balaban J connectivity index is 1.43. The molecule has 1 N–H and O–H groups in total. The fourth-order valence-corrected chi connectivity index (χ4v) is 4.19. The molecule has 1 amide bonds. The van der Waals surface area contributed by atoms with Gasteiger partial charge < -0.3 is 14.9 Å². The first kappa shape index (κ1) is 19.1. The van der Waals surface area contributed by atoms with Gasteiger partial charge in [0.1, 0.15) is 0 Å². The summed E-state index contributed by atoms with van der Waals surface area (Å²) in [5.41, 5.74) is 2.73. The Morgan fingerprint density at radius 1 is 1.28 bits per heavy atom. The van der Waals surface area contributed by atoms with Gasteiger partial charge in [0.25, 0.3) is 5.69 Å². The van der Waals surface area contributed by atoms with Crippen molar-refractivity contribution >= 4 is 17.5 Å². The molecule has 152 valence electrons. The van der Waals surface area contributed by atoms with Crippen molar-refractivity contribution in [3.8, 4) is 0 Å².